The molecule has 1 saturated carbocycles. The van der Waals surface area contributed by atoms with Crippen molar-refractivity contribution in [1.29, 1.82) is 0 Å². The standard InChI is InChI=1S/C16H17FN2O2/c1-20-13-3-2-4-14(9-13)21-16-15(17)11(7-8-18-16)10-19-12-5-6-12/h2-4,7-9,12,19H,5-6,10H2,1H3. The summed E-state index contributed by atoms with van der Waals surface area (Å²) in [5, 5.41) is 3.28. The minimum Gasteiger partial charge on any atom is -0.497 e. The maximum atomic E-state index is 14.4. The van der Waals surface area contributed by atoms with Crippen LogP contribution < -0.4 is 14.8 Å². The fourth-order valence-corrected chi connectivity index (χ4v) is 1.99. The predicted molar refractivity (Wildman–Crippen MR) is 77.1 cm³/mol. The fourth-order valence-electron chi connectivity index (χ4n) is 1.99. The molecular formula is C16H17FN2O2. The van der Waals surface area contributed by atoms with Crippen molar-refractivity contribution in [2.45, 2.75) is 25.4 Å². The molecule has 1 aromatic heterocycles. The highest BCUT2D eigenvalue weighted by Gasteiger charge is 2.21. The molecule has 2 aromatic rings. The molecule has 0 radical (unpaired) electrons. The minimum absolute atomic E-state index is 0.0154. The van der Waals surface area contributed by atoms with E-state index in [4.69, 9.17) is 9.47 Å². The zero-order chi connectivity index (χ0) is 14.7. The van der Waals surface area contributed by atoms with E-state index in [2.05, 4.69) is 10.3 Å². The smallest absolute Gasteiger partial charge is 0.256 e. The van der Waals surface area contributed by atoms with Gasteiger partial charge in [0.1, 0.15) is 11.5 Å². The van der Waals surface area contributed by atoms with Crippen LogP contribution in [-0.4, -0.2) is 18.1 Å². The van der Waals surface area contributed by atoms with Crippen molar-refractivity contribution in [3.8, 4) is 17.4 Å². The number of pyridine rings is 1. The molecule has 1 heterocycles. The molecule has 1 N–H and O–H groups in total. The lowest BCUT2D eigenvalue weighted by Crippen LogP contribution is -2.16. The van der Waals surface area contributed by atoms with Crippen LogP contribution in [-0.2, 0) is 6.54 Å². The Kier molecular flexibility index (Phi) is 4.01. The van der Waals surface area contributed by atoms with Crippen LogP contribution in [0.1, 0.15) is 18.4 Å². The molecular weight excluding hydrogens is 271 g/mol. The lowest BCUT2D eigenvalue weighted by Gasteiger charge is -2.10. The van der Waals surface area contributed by atoms with E-state index < -0.39 is 5.82 Å². The molecule has 0 bridgehead atoms. The second kappa shape index (κ2) is 6.10. The van der Waals surface area contributed by atoms with E-state index in [0.29, 0.717) is 29.6 Å². The van der Waals surface area contributed by atoms with E-state index in [9.17, 15) is 4.39 Å². The lowest BCUT2D eigenvalue weighted by atomic mass is 10.2. The quantitative estimate of drug-likeness (QED) is 0.886. The first kappa shape index (κ1) is 13.8. The number of halogens is 1. The average Bonchev–Trinajstić information content (AvgIpc) is 3.33. The van der Waals surface area contributed by atoms with Crippen LogP contribution in [0.5, 0.6) is 17.4 Å². The number of ether oxygens (including phenoxy) is 2. The first-order valence-corrected chi connectivity index (χ1v) is 6.95. The Labute approximate surface area is 122 Å². The van der Waals surface area contributed by atoms with E-state index in [1.54, 1.807) is 43.6 Å². The van der Waals surface area contributed by atoms with E-state index in [1.807, 2.05) is 0 Å². The van der Waals surface area contributed by atoms with E-state index in [1.165, 1.54) is 12.8 Å². The summed E-state index contributed by atoms with van der Waals surface area (Å²) in [6.45, 7) is 0.494. The van der Waals surface area contributed by atoms with E-state index in [0.717, 1.165) is 0 Å². The van der Waals surface area contributed by atoms with Crippen molar-refractivity contribution in [2.24, 2.45) is 0 Å². The third-order valence-electron chi connectivity index (χ3n) is 3.35. The Morgan fingerprint density at radius 1 is 1.29 bits per heavy atom. The van der Waals surface area contributed by atoms with Crippen LogP contribution in [0.3, 0.4) is 0 Å². The number of hydrogen-bond donors (Lipinski definition) is 1. The Hall–Kier alpha value is -2.14. The van der Waals surface area contributed by atoms with E-state index >= 15 is 0 Å². The normalized spacial score (nSPS) is 14.0. The van der Waals surface area contributed by atoms with Crippen LogP contribution in [0, 0.1) is 5.82 Å². The number of hydrogen-bond acceptors (Lipinski definition) is 4. The van der Waals surface area contributed by atoms with Gasteiger partial charge in [-0.3, -0.25) is 0 Å². The average molecular weight is 288 g/mol. The second-order valence-electron chi connectivity index (χ2n) is 5.03. The van der Waals surface area contributed by atoms with Gasteiger partial charge in [0.05, 0.1) is 7.11 Å². The highest BCUT2D eigenvalue weighted by Crippen LogP contribution is 2.27. The first-order chi connectivity index (χ1) is 10.3. The lowest BCUT2D eigenvalue weighted by molar-refractivity contribution is 0.398. The van der Waals surface area contributed by atoms with Gasteiger partial charge in [-0.15, -0.1) is 0 Å². The number of nitrogens with zero attached hydrogens (tertiary/aromatic N) is 1. The molecule has 21 heavy (non-hydrogen) atoms. The van der Waals surface area contributed by atoms with E-state index in [-0.39, 0.29) is 5.88 Å². The van der Waals surface area contributed by atoms with Crippen molar-refractivity contribution in [1.82, 2.24) is 10.3 Å². The van der Waals surface area contributed by atoms with Gasteiger partial charge in [-0.2, -0.15) is 0 Å². The fraction of sp³-hybridized carbons (Fsp3) is 0.312. The summed E-state index contributed by atoms with van der Waals surface area (Å²) < 4.78 is 25.0. The molecule has 0 spiro atoms. The maximum Gasteiger partial charge on any atom is 0.256 e. The molecule has 1 aromatic carbocycles. The van der Waals surface area contributed by atoms with Crippen molar-refractivity contribution in [3.05, 3.63) is 47.9 Å². The van der Waals surface area contributed by atoms with Crippen LogP contribution in [0.4, 0.5) is 4.39 Å². The monoisotopic (exact) mass is 288 g/mol. The number of methoxy groups -OCH3 is 1. The van der Waals surface area contributed by atoms with Gasteiger partial charge in [0.15, 0.2) is 5.82 Å². The van der Waals surface area contributed by atoms with Crippen LogP contribution >= 0.6 is 0 Å². The molecule has 0 amide bonds. The molecule has 0 unspecified atom stereocenters. The van der Waals surface area contributed by atoms with Gasteiger partial charge < -0.3 is 14.8 Å². The molecule has 4 nitrogen and oxygen atoms in total. The highest BCUT2D eigenvalue weighted by molar-refractivity contribution is 5.36. The first-order valence-electron chi connectivity index (χ1n) is 6.95. The summed E-state index contributed by atoms with van der Waals surface area (Å²) in [5.74, 6) is 0.708. The van der Waals surface area contributed by atoms with Gasteiger partial charge in [0.25, 0.3) is 5.88 Å². The summed E-state index contributed by atoms with van der Waals surface area (Å²) >= 11 is 0. The third kappa shape index (κ3) is 3.49. The Morgan fingerprint density at radius 3 is 2.86 bits per heavy atom. The molecule has 1 aliphatic rings. The summed E-state index contributed by atoms with van der Waals surface area (Å²) in [6.07, 6.45) is 3.89. The van der Waals surface area contributed by atoms with Crippen molar-refractivity contribution in [3.63, 3.8) is 0 Å². The summed E-state index contributed by atoms with van der Waals surface area (Å²) in [7, 11) is 1.57. The third-order valence-corrected chi connectivity index (χ3v) is 3.35. The summed E-state index contributed by atoms with van der Waals surface area (Å²) in [6, 6.07) is 9.20. The zero-order valence-electron chi connectivity index (χ0n) is 11.8. The molecule has 0 aliphatic heterocycles. The van der Waals surface area contributed by atoms with Gasteiger partial charge in [-0.25, -0.2) is 9.37 Å². The Balaban J connectivity index is 1.75. The molecule has 110 valence electrons. The SMILES string of the molecule is COc1cccc(Oc2nccc(CNC3CC3)c2F)c1. The van der Waals surface area contributed by atoms with Gasteiger partial charge in [0.2, 0.25) is 0 Å². The number of benzene rings is 1. The molecule has 0 atom stereocenters. The van der Waals surface area contributed by atoms with Crippen LogP contribution in [0.15, 0.2) is 36.5 Å². The maximum absolute atomic E-state index is 14.4. The van der Waals surface area contributed by atoms with Gasteiger partial charge in [0, 0.05) is 30.4 Å². The van der Waals surface area contributed by atoms with Gasteiger partial charge in [-0.05, 0) is 31.0 Å². The van der Waals surface area contributed by atoms with Gasteiger partial charge in [-0.1, -0.05) is 6.07 Å². The zero-order valence-corrected chi connectivity index (χ0v) is 11.8. The van der Waals surface area contributed by atoms with Crippen LogP contribution in [0.2, 0.25) is 0 Å². The van der Waals surface area contributed by atoms with Crippen LogP contribution in [0.25, 0.3) is 0 Å². The van der Waals surface area contributed by atoms with Crippen molar-refractivity contribution < 1.29 is 13.9 Å². The topological polar surface area (TPSA) is 43.4 Å². The Morgan fingerprint density at radius 2 is 2.10 bits per heavy atom. The summed E-state index contributed by atoms with van der Waals surface area (Å²) in [5.41, 5.74) is 0.565. The number of nitrogens with one attached hydrogen (secondary N) is 1. The van der Waals surface area contributed by atoms with Crippen molar-refractivity contribution in [2.75, 3.05) is 7.11 Å². The number of rotatable bonds is 6. The molecule has 5 heteroatoms. The second-order valence-corrected chi connectivity index (χ2v) is 5.03. The Bertz CT molecular complexity index is 629. The number of aromatic nitrogens is 1. The largest absolute Gasteiger partial charge is 0.497 e. The minimum atomic E-state index is -0.423. The predicted octanol–water partition coefficient (Wildman–Crippen LogP) is 3.27. The molecule has 3 rings (SSSR count). The van der Waals surface area contributed by atoms with Crippen molar-refractivity contribution >= 4 is 0 Å². The molecule has 1 aliphatic carbocycles. The molecule has 0 saturated heterocycles. The van der Waals surface area contributed by atoms with Gasteiger partial charge >= 0.3 is 0 Å². The molecule has 1 fully saturated rings. The highest BCUT2D eigenvalue weighted by atomic mass is 19.1. The summed E-state index contributed by atoms with van der Waals surface area (Å²) in [4.78, 5) is 3.97.